The topological polar surface area (TPSA) is 32.5 Å². The summed E-state index contributed by atoms with van der Waals surface area (Å²) in [6.07, 6.45) is 2.24. The lowest BCUT2D eigenvalue weighted by Crippen LogP contribution is -2.54. The predicted molar refractivity (Wildman–Crippen MR) is 73.8 cm³/mol. The van der Waals surface area contributed by atoms with Gasteiger partial charge in [-0.15, -0.1) is 0 Å². The van der Waals surface area contributed by atoms with E-state index in [4.69, 9.17) is 18.0 Å². The normalized spacial score (nSPS) is 21.2. The van der Waals surface area contributed by atoms with Crippen molar-refractivity contribution in [3.63, 3.8) is 0 Å². The van der Waals surface area contributed by atoms with Crippen molar-refractivity contribution in [1.82, 2.24) is 9.80 Å². The molecule has 3 nitrogen and oxygen atoms in total. The quantitative estimate of drug-likeness (QED) is 0.741. The largest absolute Gasteiger partial charge is 0.392 e. The van der Waals surface area contributed by atoms with Crippen LogP contribution in [0.1, 0.15) is 33.6 Å². The Labute approximate surface area is 105 Å². The molecule has 1 atom stereocenters. The van der Waals surface area contributed by atoms with Gasteiger partial charge in [0.25, 0.3) is 0 Å². The minimum Gasteiger partial charge on any atom is -0.392 e. The van der Waals surface area contributed by atoms with E-state index in [9.17, 15) is 0 Å². The first-order chi connectivity index (χ1) is 7.56. The van der Waals surface area contributed by atoms with Gasteiger partial charge >= 0.3 is 0 Å². The lowest BCUT2D eigenvalue weighted by Gasteiger charge is -2.40. The molecule has 0 aromatic rings. The molecule has 1 aliphatic heterocycles. The summed E-state index contributed by atoms with van der Waals surface area (Å²) in [5.41, 5.74) is 5.82. The van der Waals surface area contributed by atoms with Crippen LogP contribution in [0.3, 0.4) is 0 Å². The molecule has 0 saturated carbocycles. The smallest absolute Gasteiger partial charge is 0.0902 e. The van der Waals surface area contributed by atoms with Crippen LogP contribution < -0.4 is 5.73 Å². The standard InChI is InChI=1S/C12H25N3S/c1-4-5-11(12(13)16)15-8-6-14(7-9-15)10(2)3/h10-11H,4-9H2,1-3H3,(H2,13,16). The number of hydrogen-bond donors (Lipinski definition) is 1. The summed E-state index contributed by atoms with van der Waals surface area (Å²) < 4.78 is 0. The van der Waals surface area contributed by atoms with Crippen LogP contribution >= 0.6 is 12.2 Å². The molecule has 2 N–H and O–H groups in total. The third-order valence-electron chi connectivity index (χ3n) is 3.41. The number of hydrogen-bond acceptors (Lipinski definition) is 3. The van der Waals surface area contributed by atoms with Gasteiger partial charge in [0, 0.05) is 32.2 Å². The van der Waals surface area contributed by atoms with Crippen LogP contribution in [0, 0.1) is 0 Å². The fourth-order valence-electron chi connectivity index (χ4n) is 2.34. The van der Waals surface area contributed by atoms with E-state index in [1.165, 1.54) is 0 Å². The van der Waals surface area contributed by atoms with Gasteiger partial charge in [0.15, 0.2) is 0 Å². The average molecular weight is 243 g/mol. The zero-order valence-corrected chi connectivity index (χ0v) is 11.6. The SMILES string of the molecule is CCCC(C(N)=S)N1CCN(C(C)C)CC1. The predicted octanol–water partition coefficient (Wildman–Crippen LogP) is 1.47. The highest BCUT2D eigenvalue weighted by Gasteiger charge is 2.25. The third kappa shape index (κ3) is 3.68. The minimum absolute atomic E-state index is 0.314. The second kappa shape index (κ2) is 6.52. The van der Waals surface area contributed by atoms with Crippen LogP contribution in [0.2, 0.25) is 0 Å². The molecule has 16 heavy (non-hydrogen) atoms. The van der Waals surface area contributed by atoms with Crippen molar-refractivity contribution in [2.75, 3.05) is 26.2 Å². The first kappa shape index (κ1) is 13.9. The van der Waals surface area contributed by atoms with Gasteiger partial charge in [0.2, 0.25) is 0 Å². The average Bonchev–Trinajstić information content (AvgIpc) is 2.25. The second-order valence-corrected chi connectivity index (χ2v) is 5.34. The molecule has 0 radical (unpaired) electrons. The molecule has 4 heteroatoms. The molecular weight excluding hydrogens is 218 g/mol. The van der Waals surface area contributed by atoms with Crippen molar-refractivity contribution in [3.05, 3.63) is 0 Å². The number of thiocarbonyl (C=S) groups is 1. The Morgan fingerprint density at radius 2 is 1.69 bits per heavy atom. The summed E-state index contributed by atoms with van der Waals surface area (Å²) in [6.45, 7) is 11.2. The fourth-order valence-corrected chi connectivity index (χ4v) is 2.61. The van der Waals surface area contributed by atoms with Crippen LogP contribution in [0.25, 0.3) is 0 Å². The van der Waals surface area contributed by atoms with Gasteiger partial charge in [0.05, 0.1) is 11.0 Å². The van der Waals surface area contributed by atoms with Crippen molar-refractivity contribution in [1.29, 1.82) is 0 Å². The number of nitrogens with two attached hydrogens (primary N) is 1. The van der Waals surface area contributed by atoms with Gasteiger partial charge in [-0.25, -0.2) is 0 Å². The summed E-state index contributed by atoms with van der Waals surface area (Å²) >= 11 is 5.17. The molecule has 1 aliphatic rings. The van der Waals surface area contributed by atoms with E-state index in [2.05, 4.69) is 30.6 Å². The van der Waals surface area contributed by atoms with E-state index in [1.807, 2.05) is 0 Å². The molecule has 1 unspecified atom stereocenters. The molecule has 1 saturated heterocycles. The minimum atomic E-state index is 0.314. The van der Waals surface area contributed by atoms with E-state index in [0.717, 1.165) is 39.0 Å². The maximum atomic E-state index is 5.82. The van der Waals surface area contributed by atoms with Gasteiger partial charge < -0.3 is 5.73 Å². The molecule has 0 amide bonds. The molecule has 94 valence electrons. The highest BCUT2D eigenvalue weighted by Crippen LogP contribution is 2.13. The third-order valence-corrected chi connectivity index (χ3v) is 3.68. The van der Waals surface area contributed by atoms with E-state index < -0.39 is 0 Å². The summed E-state index contributed by atoms with van der Waals surface area (Å²) in [7, 11) is 0. The Morgan fingerprint density at radius 1 is 1.19 bits per heavy atom. The van der Waals surface area contributed by atoms with Gasteiger partial charge in [-0.1, -0.05) is 25.6 Å². The number of rotatable bonds is 5. The molecule has 1 rings (SSSR count). The molecule has 0 aromatic carbocycles. The molecular formula is C12H25N3S. The maximum absolute atomic E-state index is 5.82. The van der Waals surface area contributed by atoms with Crippen LogP contribution in [-0.4, -0.2) is 53.1 Å². The van der Waals surface area contributed by atoms with Gasteiger partial charge in [-0.3, -0.25) is 9.80 Å². The Bertz CT molecular complexity index is 222. The van der Waals surface area contributed by atoms with Crippen molar-refractivity contribution in [2.24, 2.45) is 5.73 Å². The molecule has 0 spiro atoms. The van der Waals surface area contributed by atoms with Crippen LogP contribution in [0.5, 0.6) is 0 Å². The zero-order chi connectivity index (χ0) is 12.1. The highest BCUT2D eigenvalue weighted by atomic mass is 32.1. The Kier molecular flexibility index (Phi) is 5.66. The summed E-state index contributed by atoms with van der Waals surface area (Å²) in [5.74, 6) is 0. The monoisotopic (exact) mass is 243 g/mol. The van der Waals surface area contributed by atoms with E-state index in [0.29, 0.717) is 17.1 Å². The summed E-state index contributed by atoms with van der Waals surface area (Å²) in [4.78, 5) is 5.63. The molecule has 1 fully saturated rings. The maximum Gasteiger partial charge on any atom is 0.0902 e. The van der Waals surface area contributed by atoms with E-state index in [-0.39, 0.29) is 0 Å². The number of nitrogens with zero attached hydrogens (tertiary/aromatic N) is 2. The molecule has 0 aromatic heterocycles. The summed E-state index contributed by atoms with van der Waals surface area (Å²) in [5, 5.41) is 0. The van der Waals surface area contributed by atoms with Gasteiger partial charge in [-0.2, -0.15) is 0 Å². The van der Waals surface area contributed by atoms with Crippen molar-refractivity contribution in [3.8, 4) is 0 Å². The first-order valence-corrected chi connectivity index (χ1v) is 6.74. The number of piperazine rings is 1. The molecule has 0 aliphatic carbocycles. The van der Waals surface area contributed by atoms with Gasteiger partial charge in [0.1, 0.15) is 0 Å². The lowest BCUT2D eigenvalue weighted by molar-refractivity contribution is 0.0939. The molecule has 1 heterocycles. The van der Waals surface area contributed by atoms with Gasteiger partial charge in [-0.05, 0) is 20.3 Å². The Morgan fingerprint density at radius 3 is 2.06 bits per heavy atom. The fraction of sp³-hybridized carbons (Fsp3) is 0.917. The van der Waals surface area contributed by atoms with Crippen LogP contribution in [-0.2, 0) is 0 Å². The zero-order valence-electron chi connectivity index (χ0n) is 10.8. The van der Waals surface area contributed by atoms with E-state index in [1.54, 1.807) is 0 Å². The highest BCUT2D eigenvalue weighted by molar-refractivity contribution is 7.80. The molecule has 0 bridgehead atoms. The van der Waals surface area contributed by atoms with Crippen molar-refractivity contribution < 1.29 is 0 Å². The van der Waals surface area contributed by atoms with Crippen molar-refractivity contribution in [2.45, 2.75) is 45.7 Å². The lowest BCUT2D eigenvalue weighted by atomic mass is 10.1. The Hall–Kier alpha value is -0.190. The Balaban J connectivity index is 2.47. The van der Waals surface area contributed by atoms with E-state index >= 15 is 0 Å². The van der Waals surface area contributed by atoms with Crippen LogP contribution in [0.4, 0.5) is 0 Å². The van der Waals surface area contributed by atoms with Crippen molar-refractivity contribution >= 4 is 17.2 Å². The van der Waals surface area contributed by atoms with Crippen LogP contribution in [0.15, 0.2) is 0 Å². The second-order valence-electron chi connectivity index (χ2n) is 4.87. The summed E-state index contributed by atoms with van der Waals surface area (Å²) in [6, 6.07) is 0.964. The first-order valence-electron chi connectivity index (χ1n) is 6.33.